The van der Waals surface area contributed by atoms with Crippen LogP contribution < -0.4 is 9.64 Å². The second kappa shape index (κ2) is 13.7. The average Bonchev–Trinajstić information content (AvgIpc) is 3.61. The van der Waals surface area contributed by atoms with Gasteiger partial charge in [-0.2, -0.15) is 0 Å². The van der Waals surface area contributed by atoms with Gasteiger partial charge in [-0.3, -0.25) is 14.4 Å². The van der Waals surface area contributed by atoms with Crippen LogP contribution in [0.2, 0.25) is 0 Å². The van der Waals surface area contributed by atoms with E-state index < -0.39 is 33.4 Å². The molecule has 1 spiro atoms. The highest BCUT2D eigenvalue weighted by Gasteiger charge is 2.78. The number of nitrogens with zero attached hydrogens (tertiary/aromatic N) is 3. The largest absolute Gasteiger partial charge is 0.494 e. The summed E-state index contributed by atoms with van der Waals surface area (Å²) in [5.41, 5.74) is 1.67. The average molecular weight is 646 g/mol. The highest BCUT2D eigenvalue weighted by Crippen LogP contribution is 2.72. The van der Waals surface area contributed by atoms with Crippen LogP contribution in [0.15, 0.2) is 79.9 Å². The molecule has 3 aliphatic rings. The number of rotatable bonds is 14. The van der Waals surface area contributed by atoms with Crippen LogP contribution in [0.1, 0.15) is 46.1 Å². The van der Waals surface area contributed by atoms with Crippen molar-refractivity contribution in [3.63, 3.8) is 0 Å². The van der Waals surface area contributed by atoms with Crippen LogP contribution in [0, 0.1) is 17.8 Å². The molecule has 9 heteroatoms. The summed E-state index contributed by atoms with van der Waals surface area (Å²) in [5.74, 6) is -1.28. The molecular formula is C37H47N3O5S. The molecule has 5 rings (SSSR count). The van der Waals surface area contributed by atoms with Gasteiger partial charge in [0.1, 0.15) is 11.8 Å². The fourth-order valence-corrected chi connectivity index (χ4v) is 10.2. The minimum atomic E-state index is -0.823. The van der Waals surface area contributed by atoms with E-state index in [2.05, 4.69) is 20.1 Å². The fourth-order valence-electron chi connectivity index (χ4n) is 7.87. The molecule has 246 valence electrons. The van der Waals surface area contributed by atoms with Crippen LogP contribution >= 0.6 is 11.8 Å². The lowest BCUT2D eigenvalue weighted by molar-refractivity contribution is -0.147. The summed E-state index contributed by atoms with van der Waals surface area (Å²) < 4.78 is 4.27. The van der Waals surface area contributed by atoms with Crippen molar-refractivity contribution < 1.29 is 24.2 Å². The van der Waals surface area contributed by atoms with Gasteiger partial charge in [-0.15, -0.1) is 24.9 Å². The number of carbonyl (C=O) groups is 3. The van der Waals surface area contributed by atoms with Crippen LogP contribution in [0.4, 0.5) is 5.69 Å². The number of hydrogen-bond donors (Lipinski definition) is 1. The summed E-state index contributed by atoms with van der Waals surface area (Å²) in [4.78, 5) is 49.6. The number of ether oxygens (including phenoxy) is 1. The Morgan fingerprint density at radius 3 is 2.33 bits per heavy atom. The molecule has 1 N–H and O–H groups in total. The number of amides is 3. The zero-order valence-corrected chi connectivity index (χ0v) is 28.2. The van der Waals surface area contributed by atoms with Crippen LogP contribution in [0.25, 0.3) is 0 Å². The molecule has 3 saturated heterocycles. The number of carbonyl (C=O) groups excluding carboxylic acids is 3. The third kappa shape index (κ3) is 5.77. The number of aliphatic hydroxyl groups is 1. The van der Waals surface area contributed by atoms with Crippen molar-refractivity contribution in [2.45, 2.75) is 68.7 Å². The third-order valence-corrected chi connectivity index (χ3v) is 11.9. The molecule has 3 aliphatic heterocycles. The van der Waals surface area contributed by atoms with Crippen LogP contribution in [-0.4, -0.2) is 80.5 Å². The summed E-state index contributed by atoms with van der Waals surface area (Å²) in [7, 11) is 0. The van der Waals surface area contributed by atoms with Crippen LogP contribution in [0.3, 0.4) is 0 Å². The zero-order chi connectivity index (χ0) is 33.2. The topological polar surface area (TPSA) is 90.4 Å². The summed E-state index contributed by atoms with van der Waals surface area (Å²) >= 11 is 1.64. The maximum absolute atomic E-state index is 14.9. The number of thioether (sulfide) groups is 1. The first-order chi connectivity index (χ1) is 22.1. The Kier molecular flexibility index (Phi) is 10.0. The lowest BCUT2D eigenvalue weighted by atomic mass is 9.66. The molecule has 3 fully saturated rings. The van der Waals surface area contributed by atoms with Gasteiger partial charge in [-0.1, -0.05) is 56.3 Å². The third-order valence-electron chi connectivity index (χ3n) is 9.94. The lowest BCUT2D eigenvalue weighted by Crippen LogP contribution is -2.58. The SMILES string of the molecule is C=CCN(Cc1ccccc1)C(=O)C1N([C@@H](CO)C(C)C)C(=O)[C@@H]2[C@@H](C(=O)N(CC=C)c3ccc(OCC)cc3)[C@@]3(C)CCC12S3. The van der Waals surface area contributed by atoms with Gasteiger partial charge in [-0.05, 0) is 62.4 Å². The first-order valence-electron chi connectivity index (χ1n) is 16.3. The minimum Gasteiger partial charge on any atom is -0.494 e. The van der Waals surface area contributed by atoms with Crippen molar-refractivity contribution in [3.05, 3.63) is 85.5 Å². The molecule has 8 nitrogen and oxygen atoms in total. The zero-order valence-electron chi connectivity index (χ0n) is 27.4. The second-order valence-corrected chi connectivity index (χ2v) is 15.0. The van der Waals surface area contributed by atoms with Crippen molar-refractivity contribution in [2.75, 3.05) is 31.2 Å². The van der Waals surface area contributed by atoms with Crippen molar-refractivity contribution in [1.82, 2.24) is 9.80 Å². The molecule has 0 saturated carbocycles. The van der Waals surface area contributed by atoms with E-state index in [-0.39, 0.29) is 36.8 Å². The first kappa shape index (κ1) is 33.8. The molecule has 6 atom stereocenters. The molecule has 2 bridgehead atoms. The Hall–Kier alpha value is -3.56. The normalized spacial score (nSPS) is 27.0. The molecule has 0 radical (unpaired) electrons. The highest BCUT2D eigenvalue weighted by molar-refractivity contribution is 8.02. The maximum Gasteiger partial charge on any atom is 0.247 e. The van der Waals surface area contributed by atoms with Gasteiger partial charge >= 0.3 is 0 Å². The predicted octanol–water partition coefficient (Wildman–Crippen LogP) is 5.32. The number of hydrogen-bond acceptors (Lipinski definition) is 6. The van der Waals surface area contributed by atoms with E-state index >= 15 is 0 Å². The second-order valence-electron chi connectivity index (χ2n) is 13.1. The van der Waals surface area contributed by atoms with Gasteiger partial charge in [0.2, 0.25) is 17.7 Å². The smallest absolute Gasteiger partial charge is 0.247 e. The Morgan fingerprint density at radius 2 is 1.74 bits per heavy atom. The van der Waals surface area contributed by atoms with Crippen LogP contribution in [0.5, 0.6) is 5.75 Å². The standard InChI is InChI=1S/C37H47N3O5S/c1-7-21-38(23-26-13-11-10-12-14-26)35(44)32-37-20-19-36(6,46-37)30(31(37)34(43)40(32)29(24-41)25(4)5)33(42)39(22-8-2)27-15-17-28(18-16-27)45-9-3/h7-8,10-18,25,29-32,41H,1-2,9,19-24H2,3-6H3/t29-,30-,31-,32?,36+,37?/m0/s1. The monoisotopic (exact) mass is 645 g/mol. The van der Waals surface area contributed by atoms with E-state index in [0.717, 1.165) is 5.56 Å². The van der Waals surface area contributed by atoms with Crippen molar-refractivity contribution in [1.29, 1.82) is 0 Å². The molecule has 0 aliphatic carbocycles. The minimum absolute atomic E-state index is 0.102. The van der Waals surface area contributed by atoms with Gasteiger partial charge in [0.25, 0.3) is 0 Å². The Bertz CT molecular complexity index is 1450. The summed E-state index contributed by atoms with van der Waals surface area (Å²) in [6.45, 7) is 17.0. The van der Waals surface area contributed by atoms with Gasteiger partial charge in [0.05, 0.1) is 35.8 Å². The quantitative estimate of drug-likeness (QED) is 0.280. The molecular weight excluding hydrogens is 598 g/mol. The lowest BCUT2D eigenvalue weighted by Gasteiger charge is -2.40. The van der Waals surface area contributed by atoms with E-state index in [1.54, 1.807) is 38.6 Å². The van der Waals surface area contributed by atoms with E-state index in [4.69, 9.17) is 4.74 Å². The van der Waals surface area contributed by atoms with Gasteiger partial charge in [0, 0.05) is 30.1 Å². The summed E-state index contributed by atoms with van der Waals surface area (Å²) in [6.07, 6.45) is 4.74. The Balaban J connectivity index is 1.58. The van der Waals surface area contributed by atoms with Crippen molar-refractivity contribution in [3.8, 4) is 5.75 Å². The molecule has 46 heavy (non-hydrogen) atoms. The summed E-state index contributed by atoms with van der Waals surface area (Å²) in [5, 5.41) is 10.6. The van der Waals surface area contributed by atoms with E-state index in [1.807, 2.05) is 75.4 Å². The molecule has 3 heterocycles. The first-order valence-corrected chi connectivity index (χ1v) is 17.1. The van der Waals surface area contributed by atoms with E-state index in [9.17, 15) is 19.5 Å². The fraction of sp³-hybridized carbons (Fsp3) is 0.486. The van der Waals surface area contributed by atoms with Crippen molar-refractivity contribution >= 4 is 35.2 Å². The summed E-state index contributed by atoms with van der Waals surface area (Å²) in [6, 6.07) is 15.8. The van der Waals surface area contributed by atoms with E-state index in [0.29, 0.717) is 44.0 Å². The highest BCUT2D eigenvalue weighted by atomic mass is 32.2. The molecule has 2 unspecified atom stereocenters. The van der Waals surface area contributed by atoms with Gasteiger partial charge in [0.15, 0.2) is 0 Å². The van der Waals surface area contributed by atoms with Crippen LogP contribution in [-0.2, 0) is 20.9 Å². The number of aliphatic hydroxyl groups excluding tert-OH is 1. The van der Waals surface area contributed by atoms with E-state index in [1.165, 1.54) is 0 Å². The number of likely N-dealkylation sites (tertiary alicyclic amines) is 1. The van der Waals surface area contributed by atoms with Gasteiger partial charge in [-0.25, -0.2) is 0 Å². The molecule has 0 aromatic heterocycles. The Labute approximate surface area is 277 Å². The number of anilines is 1. The molecule has 3 amide bonds. The number of benzene rings is 2. The molecule has 2 aromatic carbocycles. The van der Waals surface area contributed by atoms with Crippen molar-refractivity contribution in [2.24, 2.45) is 17.8 Å². The molecule has 2 aromatic rings. The maximum atomic E-state index is 14.9. The Morgan fingerprint density at radius 1 is 1.07 bits per heavy atom. The van der Waals surface area contributed by atoms with Gasteiger partial charge < -0.3 is 24.5 Å². The number of fused-ring (bicyclic) bond motifs is 1. The predicted molar refractivity (Wildman–Crippen MR) is 184 cm³/mol.